The number of halogens is 2. The summed E-state index contributed by atoms with van der Waals surface area (Å²) in [6.07, 6.45) is 0. The van der Waals surface area contributed by atoms with Crippen molar-refractivity contribution >= 4 is 28.9 Å². The predicted octanol–water partition coefficient (Wildman–Crippen LogP) is 3.70. The normalized spacial score (nSPS) is 11.9. The van der Waals surface area contributed by atoms with Crippen LogP contribution in [0.4, 0.5) is 8.78 Å². The van der Waals surface area contributed by atoms with Gasteiger partial charge in [-0.1, -0.05) is 0 Å². The molecule has 1 aromatic heterocycles. The van der Waals surface area contributed by atoms with Gasteiger partial charge in [0, 0.05) is 22.0 Å². The van der Waals surface area contributed by atoms with E-state index in [2.05, 4.69) is 4.98 Å². The summed E-state index contributed by atoms with van der Waals surface area (Å²) >= 11 is 2.19. The van der Waals surface area contributed by atoms with Crippen molar-refractivity contribution in [1.82, 2.24) is 4.98 Å². The molecule has 1 heterocycles. The van der Waals surface area contributed by atoms with Crippen molar-refractivity contribution in [3.8, 4) is 6.07 Å². The maximum Gasteiger partial charge on any atom is 0.167 e. The minimum atomic E-state index is -0.945. The molecule has 0 saturated carbocycles. The van der Waals surface area contributed by atoms with Gasteiger partial charge in [0.05, 0.1) is 11.8 Å². The molecule has 0 aliphatic heterocycles. The van der Waals surface area contributed by atoms with Crippen LogP contribution >= 0.6 is 23.1 Å². The Morgan fingerprint density at radius 3 is 2.86 bits per heavy atom. The summed E-state index contributed by atoms with van der Waals surface area (Å²) < 4.78 is 26.2. The van der Waals surface area contributed by atoms with E-state index in [1.165, 1.54) is 17.4 Å². The Morgan fingerprint density at radius 1 is 1.52 bits per heavy atom. The van der Waals surface area contributed by atoms with Crippen molar-refractivity contribution in [3.05, 3.63) is 45.9 Å². The lowest BCUT2D eigenvalue weighted by molar-refractivity contribution is -0.116. The third-order valence-electron chi connectivity index (χ3n) is 2.60. The zero-order valence-electron chi connectivity index (χ0n) is 11.0. The van der Waals surface area contributed by atoms with E-state index >= 15 is 0 Å². The fourth-order valence-electron chi connectivity index (χ4n) is 1.59. The second-order valence-electron chi connectivity index (χ2n) is 4.22. The number of ketones is 1. The van der Waals surface area contributed by atoms with Crippen LogP contribution in [0.5, 0.6) is 0 Å². The predicted molar refractivity (Wildman–Crippen MR) is 77.3 cm³/mol. The van der Waals surface area contributed by atoms with Crippen molar-refractivity contribution in [1.29, 1.82) is 5.26 Å². The van der Waals surface area contributed by atoms with E-state index in [0.29, 0.717) is 5.01 Å². The molecule has 21 heavy (non-hydrogen) atoms. The molecular formula is C14H10F2N2OS2. The zero-order valence-corrected chi connectivity index (χ0v) is 12.6. The van der Waals surface area contributed by atoms with E-state index in [1.54, 1.807) is 12.3 Å². The maximum absolute atomic E-state index is 13.5. The van der Waals surface area contributed by atoms with E-state index in [4.69, 9.17) is 5.26 Å². The molecule has 1 atom stereocenters. The molecule has 0 aliphatic rings. The average Bonchev–Trinajstić information content (AvgIpc) is 2.85. The Kier molecular flexibility index (Phi) is 5.04. The average molecular weight is 324 g/mol. The van der Waals surface area contributed by atoms with Gasteiger partial charge in [-0.15, -0.1) is 23.1 Å². The summed E-state index contributed by atoms with van der Waals surface area (Å²) in [5, 5.41) is 11.3. The number of hydrogen-bond acceptors (Lipinski definition) is 5. The van der Waals surface area contributed by atoms with E-state index in [9.17, 15) is 13.6 Å². The third kappa shape index (κ3) is 3.86. The number of nitrogens with zero attached hydrogens (tertiary/aromatic N) is 2. The number of carbonyl (C=O) groups excluding carboxylic acids is 1. The molecular weight excluding hydrogens is 314 g/mol. The highest BCUT2D eigenvalue weighted by molar-refractivity contribution is 8.00. The first kappa shape index (κ1) is 15.6. The van der Waals surface area contributed by atoms with Gasteiger partial charge >= 0.3 is 0 Å². The van der Waals surface area contributed by atoms with Gasteiger partial charge in [0.15, 0.2) is 11.7 Å². The minimum Gasteiger partial charge on any atom is -0.297 e. The van der Waals surface area contributed by atoms with Crippen LogP contribution in [0.2, 0.25) is 0 Å². The molecule has 0 spiro atoms. The van der Waals surface area contributed by atoms with Crippen LogP contribution in [-0.4, -0.2) is 16.5 Å². The topological polar surface area (TPSA) is 53.8 Å². The summed E-state index contributed by atoms with van der Waals surface area (Å²) in [5.41, 5.74) is 0.750. The number of rotatable bonds is 5. The van der Waals surface area contributed by atoms with Crippen molar-refractivity contribution in [2.24, 2.45) is 0 Å². The monoisotopic (exact) mass is 324 g/mol. The smallest absolute Gasteiger partial charge is 0.167 e. The highest BCUT2D eigenvalue weighted by atomic mass is 32.2. The zero-order chi connectivity index (χ0) is 15.4. The highest BCUT2D eigenvalue weighted by Gasteiger charge is 2.23. The van der Waals surface area contributed by atoms with Crippen molar-refractivity contribution < 1.29 is 13.6 Å². The number of aryl methyl sites for hydroxylation is 1. The van der Waals surface area contributed by atoms with Gasteiger partial charge in [-0.2, -0.15) is 5.26 Å². The quantitative estimate of drug-likeness (QED) is 0.787. The first-order chi connectivity index (χ1) is 10.0. The lowest BCUT2D eigenvalue weighted by Crippen LogP contribution is -2.13. The number of thiazole rings is 1. The van der Waals surface area contributed by atoms with Crippen LogP contribution in [0.3, 0.4) is 0 Å². The van der Waals surface area contributed by atoms with E-state index in [-0.39, 0.29) is 16.4 Å². The molecule has 0 bridgehead atoms. The van der Waals surface area contributed by atoms with Gasteiger partial charge in [-0.3, -0.25) is 4.79 Å². The molecule has 2 aromatic rings. The van der Waals surface area contributed by atoms with Crippen LogP contribution in [0.25, 0.3) is 0 Å². The summed E-state index contributed by atoms with van der Waals surface area (Å²) in [6, 6.07) is 5.09. The maximum atomic E-state index is 13.5. The van der Waals surface area contributed by atoms with Gasteiger partial charge in [-0.05, 0) is 19.1 Å². The molecule has 0 unspecified atom stereocenters. The molecule has 0 fully saturated rings. The van der Waals surface area contributed by atoms with Crippen molar-refractivity contribution in [2.45, 2.75) is 17.7 Å². The fraction of sp³-hybridized carbons (Fsp3) is 0.214. The summed E-state index contributed by atoms with van der Waals surface area (Å²) in [5.74, 6) is -2.75. The molecule has 1 aromatic carbocycles. The second kappa shape index (κ2) is 6.78. The van der Waals surface area contributed by atoms with Crippen molar-refractivity contribution in [3.63, 3.8) is 0 Å². The molecule has 0 aliphatic carbocycles. The number of nitriles is 1. The first-order valence-electron chi connectivity index (χ1n) is 5.93. The summed E-state index contributed by atoms with van der Waals surface area (Å²) in [4.78, 5) is 16.4. The standard InChI is InChI=1S/C14H10F2N2OS2/c1-8-6-21-14(18-8)10(5-17)12(19)7-20-13-3-2-9(15)4-11(13)16/h2-4,6,10H,7H2,1H3/t10-/m0/s1. The lowest BCUT2D eigenvalue weighted by Gasteiger charge is -2.06. The van der Waals surface area contributed by atoms with Gasteiger partial charge in [-0.25, -0.2) is 13.8 Å². The summed E-state index contributed by atoms with van der Waals surface area (Å²) in [7, 11) is 0. The number of hydrogen-bond donors (Lipinski definition) is 0. The van der Waals surface area contributed by atoms with Gasteiger partial charge in [0.25, 0.3) is 0 Å². The van der Waals surface area contributed by atoms with Gasteiger partial charge in [0.2, 0.25) is 0 Å². The highest BCUT2D eigenvalue weighted by Crippen LogP contribution is 2.26. The Hall–Kier alpha value is -1.78. The van der Waals surface area contributed by atoms with Gasteiger partial charge in [0.1, 0.15) is 16.6 Å². The van der Waals surface area contributed by atoms with Crippen LogP contribution in [0.1, 0.15) is 16.6 Å². The fourth-order valence-corrected chi connectivity index (χ4v) is 3.28. The first-order valence-corrected chi connectivity index (χ1v) is 7.80. The van der Waals surface area contributed by atoms with Gasteiger partial charge < -0.3 is 0 Å². The van der Waals surface area contributed by atoms with Crippen LogP contribution < -0.4 is 0 Å². The number of carbonyl (C=O) groups is 1. The van der Waals surface area contributed by atoms with Crippen LogP contribution in [-0.2, 0) is 4.79 Å². The lowest BCUT2D eigenvalue weighted by atomic mass is 10.1. The number of aromatic nitrogens is 1. The molecule has 0 saturated heterocycles. The Labute approximate surface area is 128 Å². The van der Waals surface area contributed by atoms with Crippen molar-refractivity contribution in [2.75, 3.05) is 5.75 Å². The largest absolute Gasteiger partial charge is 0.297 e. The molecule has 7 heteroatoms. The molecule has 2 rings (SSSR count). The molecule has 108 valence electrons. The Bertz CT molecular complexity index is 709. The second-order valence-corrected chi connectivity index (χ2v) is 6.13. The Balaban J connectivity index is 2.05. The number of benzene rings is 1. The Morgan fingerprint density at radius 2 is 2.29 bits per heavy atom. The number of thioether (sulfide) groups is 1. The minimum absolute atomic E-state index is 0.0700. The molecule has 0 radical (unpaired) electrons. The SMILES string of the molecule is Cc1csc([C@@H](C#N)C(=O)CSc2ccc(F)cc2F)n1. The van der Waals surface area contributed by atoms with E-state index < -0.39 is 17.6 Å². The molecule has 0 N–H and O–H groups in total. The van der Waals surface area contributed by atoms with E-state index in [1.807, 2.05) is 6.07 Å². The molecule has 3 nitrogen and oxygen atoms in total. The number of Topliss-reactive ketones (excluding diaryl/α,β-unsaturated/α-hetero) is 1. The molecule has 0 amide bonds. The van der Waals surface area contributed by atoms with Crippen LogP contribution in [0.15, 0.2) is 28.5 Å². The summed E-state index contributed by atoms with van der Waals surface area (Å²) in [6.45, 7) is 1.78. The van der Waals surface area contributed by atoms with Crippen LogP contribution in [0, 0.1) is 29.9 Å². The third-order valence-corrected chi connectivity index (χ3v) is 4.70. The van der Waals surface area contributed by atoms with E-state index in [0.717, 1.165) is 29.6 Å².